The van der Waals surface area contributed by atoms with Crippen molar-refractivity contribution >= 4 is 28.9 Å². The van der Waals surface area contributed by atoms with Crippen molar-refractivity contribution in [2.24, 2.45) is 0 Å². The van der Waals surface area contributed by atoms with Crippen molar-refractivity contribution in [1.82, 2.24) is 14.8 Å². The Morgan fingerprint density at radius 3 is 2.55 bits per heavy atom. The lowest BCUT2D eigenvalue weighted by molar-refractivity contribution is -0.384. The van der Waals surface area contributed by atoms with Gasteiger partial charge >= 0.3 is 0 Å². The van der Waals surface area contributed by atoms with Crippen molar-refractivity contribution in [3.63, 3.8) is 0 Å². The fourth-order valence-corrected chi connectivity index (χ4v) is 3.23. The van der Waals surface area contributed by atoms with Crippen LogP contribution in [-0.2, 0) is 0 Å². The molecule has 0 radical (unpaired) electrons. The maximum atomic E-state index is 12.8. The number of nitro benzene ring substituents is 1. The highest BCUT2D eigenvalue weighted by molar-refractivity contribution is 6.31. The van der Waals surface area contributed by atoms with Crippen LogP contribution in [0.3, 0.4) is 0 Å². The zero-order valence-corrected chi connectivity index (χ0v) is 17.1. The molecule has 4 aromatic rings. The van der Waals surface area contributed by atoms with E-state index in [9.17, 15) is 14.9 Å². The first-order valence-corrected chi connectivity index (χ1v) is 9.65. The number of nitrogens with zero attached hydrogens (tertiary/aromatic N) is 4. The number of hydrogen-bond acceptors (Lipinski definition) is 5. The van der Waals surface area contributed by atoms with E-state index in [0.717, 1.165) is 11.1 Å². The summed E-state index contributed by atoms with van der Waals surface area (Å²) in [4.78, 5) is 27.7. The van der Waals surface area contributed by atoms with Gasteiger partial charge in [-0.3, -0.25) is 14.9 Å². The molecule has 0 aliphatic rings. The van der Waals surface area contributed by atoms with Crippen molar-refractivity contribution in [3.05, 3.63) is 99.3 Å². The van der Waals surface area contributed by atoms with Gasteiger partial charge in [-0.15, -0.1) is 5.10 Å². The molecule has 1 amide bonds. The fourth-order valence-electron chi connectivity index (χ4n) is 3.06. The summed E-state index contributed by atoms with van der Waals surface area (Å²) in [6.07, 6.45) is 0. The van der Waals surface area contributed by atoms with Gasteiger partial charge in [0.05, 0.1) is 10.6 Å². The molecule has 0 saturated heterocycles. The Morgan fingerprint density at radius 2 is 1.81 bits per heavy atom. The second-order valence-corrected chi connectivity index (χ2v) is 7.09. The van der Waals surface area contributed by atoms with Gasteiger partial charge in [0.1, 0.15) is 0 Å². The highest BCUT2D eigenvalue weighted by Crippen LogP contribution is 2.27. The van der Waals surface area contributed by atoms with Crippen LogP contribution in [0.15, 0.2) is 72.8 Å². The van der Waals surface area contributed by atoms with Gasteiger partial charge < -0.3 is 5.32 Å². The zero-order chi connectivity index (χ0) is 22.0. The van der Waals surface area contributed by atoms with Crippen molar-refractivity contribution in [2.45, 2.75) is 6.92 Å². The van der Waals surface area contributed by atoms with Gasteiger partial charge in [-0.25, -0.2) is 9.67 Å². The van der Waals surface area contributed by atoms with Gasteiger partial charge in [0.2, 0.25) is 5.82 Å². The average molecular weight is 434 g/mol. The van der Waals surface area contributed by atoms with Crippen LogP contribution in [0.2, 0.25) is 5.02 Å². The number of benzene rings is 3. The van der Waals surface area contributed by atoms with Crippen molar-refractivity contribution in [3.8, 4) is 17.1 Å². The molecule has 0 saturated carbocycles. The van der Waals surface area contributed by atoms with E-state index in [1.54, 1.807) is 22.9 Å². The normalized spacial score (nSPS) is 10.6. The van der Waals surface area contributed by atoms with Crippen LogP contribution < -0.4 is 5.32 Å². The molecular formula is C22H16ClN5O3. The molecule has 0 unspecified atom stereocenters. The number of anilines is 1. The highest BCUT2D eigenvalue weighted by atomic mass is 35.5. The molecule has 0 aliphatic heterocycles. The number of carbonyl (C=O) groups excluding carboxylic acids is 1. The zero-order valence-electron chi connectivity index (χ0n) is 16.3. The summed E-state index contributed by atoms with van der Waals surface area (Å²) in [5.41, 5.74) is 2.39. The molecular weight excluding hydrogens is 418 g/mol. The third-order valence-corrected chi connectivity index (χ3v) is 5.03. The first-order valence-electron chi connectivity index (χ1n) is 9.28. The molecule has 154 valence electrons. The van der Waals surface area contributed by atoms with Crippen LogP contribution >= 0.6 is 11.6 Å². The maximum Gasteiger partial charge on any atom is 0.295 e. The van der Waals surface area contributed by atoms with E-state index < -0.39 is 10.8 Å². The van der Waals surface area contributed by atoms with Crippen LogP contribution in [0.1, 0.15) is 16.2 Å². The van der Waals surface area contributed by atoms with Crippen LogP contribution in [-0.4, -0.2) is 25.6 Å². The number of nitro groups is 1. The standard InChI is InChI=1S/C22H16ClN5O3/c1-14-18(23)11-6-12-19(14)27-21(15-7-3-2-4-8-15)25-20(26-27)22(29)24-16-9-5-10-17(13-16)28(30)31/h2-13H,1H3,(H,24,29). The highest BCUT2D eigenvalue weighted by Gasteiger charge is 2.20. The van der Waals surface area contributed by atoms with Crippen molar-refractivity contribution in [2.75, 3.05) is 5.32 Å². The van der Waals surface area contributed by atoms with Gasteiger partial charge in [0.15, 0.2) is 5.82 Å². The summed E-state index contributed by atoms with van der Waals surface area (Å²) in [7, 11) is 0. The van der Waals surface area contributed by atoms with Gasteiger partial charge in [-0.1, -0.05) is 54.1 Å². The maximum absolute atomic E-state index is 12.8. The molecule has 1 heterocycles. The SMILES string of the molecule is Cc1c(Cl)cccc1-n1nc(C(=O)Nc2cccc([N+](=O)[O-])c2)nc1-c1ccccc1. The minimum atomic E-state index is -0.587. The second-order valence-electron chi connectivity index (χ2n) is 6.68. The van der Waals surface area contributed by atoms with E-state index in [4.69, 9.17) is 11.6 Å². The number of rotatable bonds is 5. The van der Waals surface area contributed by atoms with E-state index in [1.165, 1.54) is 18.2 Å². The van der Waals surface area contributed by atoms with E-state index in [-0.39, 0.29) is 17.2 Å². The Balaban J connectivity index is 1.76. The first kappa shape index (κ1) is 20.2. The number of aromatic nitrogens is 3. The number of halogens is 1. The number of hydrogen-bond donors (Lipinski definition) is 1. The minimum absolute atomic E-state index is 0.0789. The Morgan fingerprint density at radius 1 is 1.06 bits per heavy atom. The number of non-ortho nitro benzene ring substituents is 1. The van der Waals surface area contributed by atoms with E-state index in [2.05, 4.69) is 15.4 Å². The summed E-state index contributed by atoms with van der Waals surface area (Å²) in [5.74, 6) is -0.198. The topological polar surface area (TPSA) is 103 Å². The van der Waals surface area contributed by atoms with Crippen LogP contribution in [0.4, 0.5) is 11.4 Å². The lowest BCUT2D eigenvalue weighted by atomic mass is 10.2. The Labute approximate surface area is 182 Å². The number of amides is 1. The molecule has 8 nitrogen and oxygen atoms in total. The Hall–Kier alpha value is -4.04. The third-order valence-electron chi connectivity index (χ3n) is 4.62. The molecule has 1 N–H and O–H groups in total. The van der Waals surface area contributed by atoms with Gasteiger partial charge in [-0.05, 0) is 30.7 Å². The lowest BCUT2D eigenvalue weighted by Crippen LogP contribution is -2.14. The molecule has 1 aromatic heterocycles. The molecule has 0 fully saturated rings. The first-order chi connectivity index (χ1) is 14.9. The van der Waals surface area contributed by atoms with Crippen molar-refractivity contribution in [1.29, 1.82) is 0 Å². The van der Waals surface area contributed by atoms with Crippen LogP contribution in [0.5, 0.6) is 0 Å². The molecule has 0 atom stereocenters. The summed E-state index contributed by atoms with van der Waals surface area (Å²) in [6.45, 7) is 1.86. The van der Waals surface area contributed by atoms with E-state index >= 15 is 0 Å². The van der Waals surface area contributed by atoms with Gasteiger partial charge in [0.25, 0.3) is 11.6 Å². The third kappa shape index (κ3) is 4.15. The average Bonchev–Trinajstić information content (AvgIpc) is 3.22. The molecule has 0 spiro atoms. The fraction of sp³-hybridized carbons (Fsp3) is 0.0455. The minimum Gasteiger partial charge on any atom is -0.319 e. The number of carbonyl (C=O) groups is 1. The van der Waals surface area contributed by atoms with Gasteiger partial charge in [0, 0.05) is 28.4 Å². The molecule has 9 heteroatoms. The molecule has 31 heavy (non-hydrogen) atoms. The Kier molecular flexibility index (Phi) is 5.46. The summed E-state index contributed by atoms with van der Waals surface area (Å²) in [6, 6.07) is 20.4. The van der Waals surface area contributed by atoms with E-state index in [1.807, 2.05) is 43.3 Å². The second kappa shape index (κ2) is 8.37. The van der Waals surface area contributed by atoms with Crippen LogP contribution in [0, 0.1) is 17.0 Å². The molecule has 4 rings (SSSR count). The van der Waals surface area contributed by atoms with Gasteiger partial charge in [-0.2, -0.15) is 0 Å². The predicted molar refractivity (Wildman–Crippen MR) is 118 cm³/mol. The molecule has 0 bridgehead atoms. The molecule has 3 aromatic carbocycles. The number of nitrogens with one attached hydrogen (secondary N) is 1. The van der Waals surface area contributed by atoms with Crippen LogP contribution in [0.25, 0.3) is 17.1 Å². The quantitative estimate of drug-likeness (QED) is 0.350. The largest absolute Gasteiger partial charge is 0.319 e. The monoisotopic (exact) mass is 433 g/mol. The van der Waals surface area contributed by atoms with E-state index in [0.29, 0.717) is 16.5 Å². The summed E-state index contributed by atoms with van der Waals surface area (Å²) in [5, 5.41) is 18.6. The smallest absolute Gasteiger partial charge is 0.295 e. The molecule has 0 aliphatic carbocycles. The van der Waals surface area contributed by atoms with Crippen molar-refractivity contribution < 1.29 is 9.72 Å². The summed E-state index contributed by atoms with van der Waals surface area (Å²) < 4.78 is 1.57. The Bertz CT molecular complexity index is 1290. The summed E-state index contributed by atoms with van der Waals surface area (Å²) >= 11 is 6.28. The predicted octanol–water partition coefficient (Wildman–Crippen LogP) is 5.06. The lowest BCUT2D eigenvalue weighted by Gasteiger charge is -2.10.